The molecule has 7 heteroatoms. The second kappa shape index (κ2) is 8.53. The van der Waals surface area contributed by atoms with E-state index in [1.54, 1.807) is 19.2 Å². The molecule has 0 bridgehead atoms. The fourth-order valence-electron chi connectivity index (χ4n) is 2.29. The maximum Gasteiger partial charge on any atom is 0.269 e. The Balaban J connectivity index is 1.97. The number of thioether (sulfide) groups is 1. The molecule has 2 aromatic carbocycles. The summed E-state index contributed by atoms with van der Waals surface area (Å²) >= 11 is 1.42. The normalized spacial score (nSPS) is 11.6. The lowest BCUT2D eigenvalue weighted by atomic mass is 10.1. The lowest BCUT2D eigenvalue weighted by Gasteiger charge is -2.13. The number of rotatable bonds is 7. The molecule has 0 spiro atoms. The number of hydrogen-bond donors (Lipinski definition) is 1. The number of nitrogens with one attached hydrogen (secondary N) is 1. The van der Waals surface area contributed by atoms with Crippen LogP contribution in [0.15, 0.2) is 42.5 Å². The number of non-ortho nitro benzene ring substituents is 1. The predicted molar refractivity (Wildman–Crippen MR) is 100 cm³/mol. The third-order valence-corrected chi connectivity index (χ3v) is 4.84. The summed E-state index contributed by atoms with van der Waals surface area (Å²) in [6, 6.07) is 12.0. The van der Waals surface area contributed by atoms with Gasteiger partial charge < -0.3 is 10.1 Å². The maximum atomic E-state index is 12.2. The third-order valence-electron chi connectivity index (χ3n) is 3.64. The zero-order valence-corrected chi connectivity index (χ0v) is 15.1. The molecule has 0 radical (unpaired) electrons. The average molecular weight is 360 g/mol. The minimum atomic E-state index is -0.419. The summed E-state index contributed by atoms with van der Waals surface area (Å²) < 4.78 is 5.25. The number of amides is 1. The molecule has 1 N–H and O–H groups in total. The van der Waals surface area contributed by atoms with Gasteiger partial charge in [-0.25, -0.2) is 0 Å². The highest BCUT2D eigenvalue weighted by molar-refractivity contribution is 8.00. The number of methoxy groups -OCH3 is 1. The standard InChI is InChI=1S/C18H20N2O4S/c1-12-7-8-17(24-3)16(9-12)19-18(21)11-25-13(2)14-5-4-6-15(10-14)20(22)23/h4-10,13H,11H2,1-3H3,(H,19,21)/t13-/m1/s1. The van der Waals surface area contributed by atoms with E-state index in [-0.39, 0.29) is 22.6 Å². The molecular formula is C18H20N2O4S. The number of carbonyl (C=O) groups excluding carboxylic acids is 1. The molecule has 0 aliphatic carbocycles. The third kappa shape index (κ3) is 5.22. The van der Waals surface area contributed by atoms with Gasteiger partial charge in [-0.15, -0.1) is 11.8 Å². The molecule has 132 valence electrons. The van der Waals surface area contributed by atoms with Crippen LogP contribution in [0.1, 0.15) is 23.3 Å². The van der Waals surface area contributed by atoms with Crippen LogP contribution >= 0.6 is 11.8 Å². The molecule has 0 aromatic heterocycles. The molecule has 2 aromatic rings. The summed E-state index contributed by atoms with van der Waals surface area (Å²) in [6.07, 6.45) is 0. The number of hydrogen-bond acceptors (Lipinski definition) is 5. The van der Waals surface area contributed by atoms with Crippen molar-refractivity contribution in [3.05, 3.63) is 63.7 Å². The van der Waals surface area contributed by atoms with Gasteiger partial charge in [0.25, 0.3) is 5.69 Å². The second-order valence-electron chi connectivity index (χ2n) is 5.56. The maximum absolute atomic E-state index is 12.2. The van der Waals surface area contributed by atoms with Gasteiger partial charge in [-0.2, -0.15) is 0 Å². The molecule has 0 aliphatic heterocycles. The second-order valence-corrected chi connectivity index (χ2v) is 6.89. The number of anilines is 1. The SMILES string of the molecule is COc1ccc(C)cc1NC(=O)CS[C@H](C)c1cccc([N+](=O)[O-])c1. The minimum Gasteiger partial charge on any atom is -0.495 e. The highest BCUT2D eigenvalue weighted by atomic mass is 32.2. The average Bonchev–Trinajstić information content (AvgIpc) is 2.60. The van der Waals surface area contributed by atoms with Crippen molar-refractivity contribution in [1.82, 2.24) is 0 Å². The topological polar surface area (TPSA) is 81.5 Å². The van der Waals surface area contributed by atoms with Gasteiger partial charge in [0.15, 0.2) is 0 Å². The molecule has 25 heavy (non-hydrogen) atoms. The summed E-state index contributed by atoms with van der Waals surface area (Å²) in [5.74, 6) is 0.697. The van der Waals surface area contributed by atoms with E-state index >= 15 is 0 Å². The fourth-order valence-corrected chi connectivity index (χ4v) is 3.11. The lowest BCUT2D eigenvalue weighted by molar-refractivity contribution is -0.384. The van der Waals surface area contributed by atoms with Gasteiger partial charge in [0.1, 0.15) is 5.75 Å². The van der Waals surface area contributed by atoms with E-state index in [9.17, 15) is 14.9 Å². The van der Waals surface area contributed by atoms with Crippen molar-refractivity contribution < 1.29 is 14.5 Å². The molecule has 0 fully saturated rings. The Bertz CT molecular complexity index is 779. The number of nitro benzene ring substituents is 1. The van der Waals surface area contributed by atoms with Crippen molar-refractivity contribution in [2.75, 3.05) is 18.2 Å². The summed E-state index contributed by atoms with van der Waals surface area (Å²) in [5, 5.41) is 13.7. The smallest absolute Gasteiger partial charge is 0.269 e. The van der Waals surface area contributed by atoms with E-state index in [2.05, 4.69) is 5.32 Å². The zero-order valence-electron chi connectivity index (χ0n) is 14.3. The summed E-state index contributed by atoms with van der Waals surface area (Å²) in [7, 11) is 1.56. The predicted octanol–water partition coefficient (Wildman–Crippen LogP) is 4.34. The van der Waals surface area contributed by atoms with Crippen molar-refractivity contribution in [2.45, 2.75) is 19.1 Å². The number of nitro groups is 1. The van der Waals surface area contributed by atoms with Crippen LogP contribution in [0.2, 0.25) is 0 Å². The number of nitrogens with zero attached hydrogens (tertiary/aromatic N) is 1. The highest BCUT2D eigenvalue weighted by Crippen LogP contribution is 2.31. The van der Waals surface area contributed by atoms with Crippen LogP contribution in [0.5, 0.6) is 5.75 Å². The van der Waals surface area contributed by atoms with Gasteiger partial charge in [0.05, 0.1) is 23.5 Å². The van der Waals surface area contributed by atoms with Crippen LogP contribution < -0.4 is 10.1 Å². The molecule has 1 amide bonds. The van der Waals surface area contributed by atoms with Gasteiger partial charge in [-0.1, -0.05) is 18.2 Å². The fraction of sp³-hybridized carbons (Fsp3) is 0.278. The number of aryl methyl sites for hydroxylation is 1. The van der Waals surface area contributed by atoms with E-state index < -0.39 is 4.92 Å². The van der Waals surface area contributed by atoms with E-state index in [4.69, 9.17) is 4.74 Å². The number of carbonyl (C=O) groups is 1. The van der Waals surface area contributed by atoms with Crippen LogP contribution in [0, 0.1) is 17.0 Å². The summed E-state index contributed by atoms with van der Waals surface area (Å²) in [5.41, 5.74) is 2.53. The Kier molecular flexibility index (Phi) is 6.41. The quantitative estimate of drug-likeness (QED) is 0.586. The first-order valence-electron chi connectivity index (χ1n) is 7.71. The van der Waals surface area contributed by atoms with Gasteiger partial charge >= 0.3 is 0 Å². The summed E-state index contributed by atoms with van der Waals surface area (Å²) in [6.45, 7) is 3.86. The largest absolute Gasteiger partial charge is 0.495 e. The Morgan fingerprint density at radius 3 is 2.76 bits per heavy atom. The van der Waals surface area contributed by atoms with Crippen molar-refractivity contribution in [3.8, 4) is 5.75 Å². The Morgan fingerprint density at radius 1 is 1.32 bits per heavy atom. The molecule has 0 saturated heterocycles. The molecule has 6 nitrogen and oxygen atoms in total. The number of benzene rings is 2. The Labute approximate surface area is 150 Å². The zero-order chi connectivity index (χ0) is 18.4. The first-order chi connectivity index (χ1) is 11.9. The molecule has 0 aliphatic rings. The van der Waals surface area contributed by atoms with Crippen LogP contribution in [0.4, 0.5) is 11.4 Å². The van der Waals surface area contributed by atoms with Gasteiger partial charge in [0.2, 0.25) is 5.91 Å². The van der Waals surface area contributed by atoms with E-state index in [0.29, 0.717) is 11.4 Å². The van der Waals surface area contributed by atoms with Crippen LogP contribution in [-0.2, 0) is 4.79 Å². The molecule has 1 atom stereocenters. The molecule has 0 unspecified atom stereocenters. The van der Waals surface area contributed by atoms with Crippen molar-refractivity contribution in [1.29, 1.82) is 0 Å². The van der Waals surface area contributed by atoms with E-state index in [1.807, 2.05) is 38.1 Å². The lowest BCUT2D eigenvalue weighted by Crippen LogP contribution is -2.15. The monoisotopic (exact) mass is 360 g/mol. The van der Waals surface area contributed by atoms with E-state index in [0.717, 1.165) is 11.1 Å². The van der Waals surface area contributed by atoms with Gasteiger partial charge in [-0.3, -0.25) is 14.9 Å². The van der Waals surface area contributed by atoms with Crippen molar-refractivity contribution in [2.24, 2.45) is 0 Å². The van der Waals surface area contributed by atoms with Crippen LogP contribution in [-0.4, -0.2) is 23.7 Å². The minimum absolute atomic E-state index is 0.0370. The molecule has 0 saturated carbocycles. The first-order valence-corrected chi connectivity index (χ1v) is 8.76. The first kappa shape index (κ1) is 18.8. The molecular weight excluding hydrogens is 340 g/mol. The van der Waals surface area contributed by atoms with Crippen LogP contribution in [0.25, 0.3) is 0 Å². The van der Waals surface area contributed by atoms with Crippen molar-refractivity contribution in [3.63, 3.8) is 0 Å². The van der Waals surface area contributed by atoms with Crippen LogP contribution in [0.3, 0.4) is 0 Å². The summed E-state index contributed by atoms with van der Waals surface area (Å²) in [4.78, 5) is 22.6. The van der Waals surface area contributed by atoms with Crippen molar-refractivity contribution >= 4 is 29.0 Å². The Hall–Kier alpha value is -2.54. The molecule has 0 heterocycles. The highest BCUT2D eigenvalue weighted by Gasteiger charge is 2.14. The van der Waals surface area contributed by atoms with E-state index in [1.165, 1.54) is 17.8 Å². The van der Waals surface area contributed by atoms with Gasteiger partial charge in [-0.05, 0) is 37.1 Å². The van der Waals surface area contributed by atoms with Gasteiger partial charge in [0, 0.05) is 17.4 Å². The Morgan fingerprint density at radius 2 is 2.08 bits per heavy atom. The number of ether oxygens (including phenoxy) is 1. The molecule has 2 rings (SSSR count).